The van der Waals surface area contributed by atoms with Crippen LogP contribution in [0.15, 0.2) is 0 Å². The number of aliphatic hydroxyl groups excluding tert-OH is 1. The molecule has 0 saturated carbocycles. The Balaban J connectivity index is 1.87. The van der Waals surface area contributed by atoms with Crippen LogP contribution >= 0.6 is 0 Å². The highest BCUT2D eigenvalue weighted by Crippen LogP contribution is 2.30. The van der Waals surface area contributed by atoms with Crippen LogP contribution in [-0.4, -0.2) is 54.5 Å². The Labute approximate surface area is 112 Å². The van der Waals surface area contributed by atoms with Gasteiger partial charge in [-0.05, 0) is 19.3 Å². The number of nitrogens with zero attached hydrogens (tertiary/aromatic N) is 3. The van der Waals surface area contributed by atoms with E-state index in [1.54, 1.807) is 0 Å². The van der Waals surface area contributed by atoms with E-state index in [0.29, 0.717) is 12.5 Å². The Hall–Kier alpha value is -1.40. The van der Waals surface area contributed by atoms with Crippen molar-refractivity contribution >= 4 is 5.95 Å². The summed E-state index contributed by atoms with van der Waals surface area (Å²) in [6, 6.07) is 0. The molecule has 1 aromatic rings. The van der Waals surface area contributed by atoms with Crippen molar-refractivity contribution in [2.45, 2.75) is 19.3 Å². The van der Waals surface area contributed by atoms with Gasteiger partial charge in [0.1, 0.15) is 6.61 Å². The lowest BCUT2D eigenvalue weighted by Crippen LogP contribution is -2.44. The van der Waals surface area contributed by atoms with Crippen LogP contribution in [0, 0.1) is 0 Å². The van der Waals surface area contributed by atoms with Crippen LogP contribution in [-0.2, 0) is 12.8 Å². The van der Waals surface area contributed by atoms with Crippen molar-refractivity contribution in [2.24, 2.45) is 0 Å². The molecule has 0 unspecified atom stereocenters. The Kier molecular flexibility index (Phi) is 3.79. The van der Waals surface area contributed by atoms with Crippen molar-refractivity contribution in [3.8, 4) is 5.88 Å². The fourth-order valence-electron chi connectivity index (χ4n) is 2.65. The predicted octanol–water partition coefficient (Wildman–Crippen LogP) is -0.254. The molecule has 6 nitrogen and oxygen atoms in total. The average Bonchev–Trinajstić information content (AvgIpc) is 2.94. The molecule has 1 saturated heterocycles. The van der Waals surface area contributed by atoms with Gasteiger partial charge in [-0.25, -0.2) is 4.98 Å². The highest BCUT2D eigenvalue weighted by molar-refractivity contribution is 5.42. The zero-order valence-electron chi connectivity index (χ0n) is 11.1. The Morgan fingerprint density at radius 2 is 2.05 bits per heavy atom. The first kappa shape index (κ1) is 12.6. The molecule has 2 heterocycles. The molecule has 0 bridgehead atoms. The maximum atomic E-state index is 8.91. The largest absolute Gasteiger partial charge is 0.475 e. The summed E-state index contributed by atoms with van der Waals surface area (Å²) < 4.78 is 5.59. The Morgan fingerprint density at radius 1 is 1.21 bits per heavy atom. The Bertz CT molecular complexity index is 447. The van der Waals surface area contributed by atoms with Crippen LogP contribution in [0.5, 0.6) is 5.88 Å². The quantitative estimate of drug-likeness (QED) is 0.781. The number of rotatable bonds is 4. The normalized spacial score (nSPS) is 18.5. The van der Waals surface area contributed by atoms with E-state index in [1.807, 2.05) is 0 Å². The van der Waals surface area contributed by atoms with Gasteiger partial charge < -0.3 is 20.1 Å². The van der Waals surface area contributed by atoms with Gasteiger partial charge in [0.05, 0.1) is 12.3 Å². The number of nitrogens with one attached hydrogen (secondary N) is 1. The van der Waals surface area contributed by atoms with E-state index in [-0.39, 0.29) is 6.61 Å². The highest BCUT2D eigenvalue weighted by Gasteiger charge is 2.23. The van der Waals surface area contributed by atoms with Crippen LogP contribution in [0.3, 0.4) is 0 Å². The van der Waals surface area contributed by atoms with Crippen molar-refractivity contribution in [2.75, 3.05) is 44.3 Å². The van der Waals surface area contributed by atoms with Gasteiger partial charge in [0, 0.05) is 31.7 Å². The molecule has 0 aromatic carbocycles. The SMILES string of the molecule is OCCOc1nc(N2CCNCC2)nc2c1CCC2. The second-order valence-corrected chi connectivity index (χ2v) is 4.92. The first-order valence-corrected chi connectivity index (χ1v) is 6.97. The summed E-state index contributed by atoms with van der Waals surface area (Å²) in [5, 5.41) is 12.2. The first-order valence-electron chi connectivity index (χ1n) is 6.97. The average molecular weight is 264 g/mol. The minimum Gasteiger partial charge on any atom is -0.475 e. The minimum atomic E-state index is 0.0156. The molecule has 0 amide bonds. The van der Waals surface area contributed by atoms with E-state index < -0.39 is 0 Å². The molecule has 0 radical (unpaired) electrons. The number of anilines is 1. The van der Waals surface area contributed by atoms with Gasteiger partial charge in [-0.3, -0.25) is 0 Å². The van der Waals surface area contributed by atoms with Crippen LogP contribution in [0.2, 0.25) is 0 Å². The van der Waals surface area contributed by atoms with Crippen molar-refractivity contribution in [1.82, 2.24) is 15.3 Å². The van der Waals surface area contributed by atoms with Crippen molar-refractivity contribution in [1.29, 1.82) is 0 Å². The summed E-state index contributed by atoms with van der Waals surface area (Å²) in [5.74, 6) is 1.44. The van der Waals surface area contributed by atoms with Gasteiger partial charge in [-0.2, -0.15) is 4.98 Å². The smallest absolute Gasteiger partial charge is 0.228 e. The number of fused-ring (bicyclic) bond motifs is 1. The van der Waals surface area contributed by atoms with Gasteiger partial charge in [-0.15, -0.1) is 0 Å². The molecule has 1 aromatic heterocycles. The van der Waals surface area contributed by atoms with Crippen molar-refractivity contribution in [3.05, 3.63) is 11.3 Å². The van der Waals surface area contributed by atoms with Crippen LogP contribution in [0.1, 0.15) is 17.7 Å². The second kappa shape index (κ2) is 5.71. The molecule has 0 atom stereocenters. The van der Waals surface area contributed by atoms with Gasteiger partial charge in [-0.1, -0.05) is 0 Å². The van der Waals surface area contributed by atoms with E-state index >= 15 is 0 Å². The highest BCUT2D eigenvalue weighted by atomic mass is 16.5. The van der Waals surface area contributed by atoms with E-state index in [0.717, 1.165) is 62.6 Å². The molecule has 3 rings (SSSR count). The molecule has 1 aliphatic heterocycles. The number of piperazine rings is 1. The number of hydrogen-bond donors (Lipinski definition) is 2. The zero-order valence-corrected chi connectivity index (χ0v) is 11.1. The third kappa shape index (κ3) is 2.64. The Morgan fingerprint density at radius 3 is 2.84 bits per heavy atom. The van der Waals surface area contributed by atoms with Crippen molar-refractivity contribution in [3.63, 3.8) is 0 Å². The van der Waals surface area contributed by atoms with E-state index in [4.69, 9.17) is 14.8 Å². The molecule has 1 aliphatic carbocycles. The third-order valence-corrected chi connectivity index (χ3v) is 3.61. The topological polar surface area (TPSA) is 70.5 Å². The number of hydrogen-bond acceptors (Lipinski definition) is 6. The summed E-state index contributed by atoms with van der Waals surface area (Å²) in [7, 11) is 0. The lowest BCUT2D eigenvalue weighted by Gasteiger charge is -2.28. The van der Waals surface area contributed by atoms with Crippen LogP contribution < -0.4 is 15.0 Å². The summed E-state index contributed by atoms with van der Waals surface area (Å²) in [6.45, 7) is 4.10. The molecule has 104 valence electrons. The number of aryl methyl sites for hydroxylation is 1. The number of aromatic nitrogens is 2. The summed E-state index contributed by atoms with van der Waals surface area (Å²) in [4.78, 5) is 11.4. The summed E-state index contributed by atoms with van der Waals surface area (Å²) >= 11 is 0. The molecule has 1 fully saturated rings. The van der Waals surface area contributed by atoms with Crippen molar-refractivity contribution < 1.29 is 9.84 Å². The van der Waals surface area contributed by atoms with Gasteiger partial charge in [0.25, 0.3) is 0 Å². The van der Waals surface area contributed by atoms with Gasteiger partial charge >= 0.3 is 0 Å². The maximum absolute atomic E-state index is 8.91. The molecule has 0 spiro atoms. The van der Waals surface area contributed by atoms with Gasteiger partial charge in [0.2, 0.25) is 11.8 Å². The monoisotopic (exact) mass is 264 g/mol. The number of ether oxygens (including phenoxy) is 1. The number of aliphatic hydroxyl groups is 1. The predicted molar refractivity (Wildman–Crippen MR) is 71.7 cm³/mol. The lowest BCUT2D eigenvalue weighted by molar-refractivity contribution is 0.195. The summed E-state index contributed by atoms with van der Waals surface area (Å²) in [5.41, 5.74) is 2.25. The fraction of sp³-hybridized carbons (Fsp3) is 0.692. The third-order valence-electron chi connectivity index (χ3n) is 3.61. The van der Waals surface area contributed by atoms with E-state index in [1.165, 1.54) is 0 Å². The van der Waals surface area contributed by atoms with Crippen LogP contribution in [0.4, 0.5) is 5.95 Å². The van der Waals surface area contributed by atoms with Crippen LogP contribution in [0.25, 0.3) is 0 Å². The lowest BCUT2D eigenvalue weighted by atomic mass is 10.2. The molecule has 19 heavy (non-hydrogen) atoms. The second-order valence-electron chi connectivity index (χ2n) is 4.92. The first-order chi connectivity index (χ1) is 9.38. The molecule has 6 heteroatoms. The van der Waals surface area contributed by atoms with E-state index in [9.17, 15) is 0 Å². The molecular weight excluding hydrogens is 244 g/mol. The van der Waals surface area contributed by atoms with E-state index in [2.05, 4.69) is 15.2 Å². The molecule has 2 N–H and O–H groups in total. The molecule has 2 aliphatic rings. The van der Waals surface area contributed by atoms with Gasteiger partial charge in [0.15, 0.2) is 0 Å². The maximum Gasteiger partial charge on any atom is 0.228 e. The minimum absolute atomic E-state index is 0.0156. The zero-order chi connectivity index (χ0) is 13.1. The fourth-order valence-corrected chi connectivity index (χ4v) is 2.65. The standard InChI is InChI=1S/C13H20N4O2/c18-8-9-19-12-10-2-1-3-11(10)15-13(16-12)17-6-4-14-5-7-17/h14,18H,1-9H2. The summed E-state index contributed by atoms with van der Waals surface area (Å²) in [6.07, 6.45) is 3.11. The molecular formula is C13H20N4O2.